The molecule has 1 fully saturated rings. The standard InChI is InChI=1S/C26H21F2N5O2/c1-13-22(14(2)35-33-13)16-10-19(23-21(11-16)31-24(32-23)15-4-5-15)26(34,25-29-8-3-9-30-25)18-7-6-17(27)12-20(18)28/h3,6-12,15,34H,4-5H2,1-2H3,(H,31,32). The Labute approximate surface area is 198 Å². The first-order chi connectivity index (χ1) is 16.9. The molecule has 1 aliphatic carbocycles. The minimum absolute atomic E-state index is 0.0568. The number of H-pyrrole nitrogens is 1. The predicted octanol–water partition coefficient (Wildman–Crippen LogP) is 5.06. The number of benzene rings is 2. The number of aromatic amines is 1. The van der Waals surface area contributed by atoms with E-state index in [4.69, 9.17) is 9.51 Å². The SMILES string of the molecule is Cc1noc(C)c1-c1cc(C(O)(c2ncccn2)c2ccc(F)cc2F)c2nc(C3CC3)[nH]c2c1. The van der Waals surface area contributed by atoms with Crippen molar-refractivity contribution >= 4 is 11.0 Å². The summed E-state index contributed by atoms with van der Waals surface area (Å²) in [4.78, 5) is 16.7. The van der Waals surface area contributed by atoms with Crippen LogP contribution in [0.25, 0.3) is 22.2 Å². The summed E-state index contributed by atoms with van der Waals surface area (Å²) in [6.45, 7) is 3.62. The van der Waals surface area contributed by atoms with Crippen LogP contribution in [0.4, 0.5) is 8.78 Å². The number of fused-ring (bicyclic) bond motifs is 1. The maximum Gasteiger partial charge on any atom is 0.180 e. The zero-order chi connectivity index (χ0) is 24.3. The van der Waals surface area contributed by atoms with Crippen LogP contribution in [-0.4, -0.2) is 30.2 Å². The van der Waals surface area contributed by atoms with Crippen molar-refractivity contribution in [3.05, 3.63) is 94.7 Å². The average molecular weight is 473 g/mol. The third kappa shape index (κ3) is 3.42. The fourth-order valence-electron chi connectivity index (χ4n) is 4.66. The van der Waals surface area contributed by atoms with Crippen molar-refractivity contribution < 1.29 is 18.4 Å². The van der Waals surface area contributed by atoms with Crippen molar-refractivity contribution in [2.45, 2.75) is 38.2 Å². The molecule has 35 heavy (non-hydrogen) atoms. The van der Waals surface area contributed by atoms with E-state index < -0.39 is 17.2 Å². The van der Waals surface area contributed by atoms with Crippen molar-refractivity contribution in [1.82, 2.24) is 25.1 Å². The molecule has 176 valence electrons. The molecule has 9 heteroatoms. The predicted molar refractivity (Wildman–Crippen MR) is 124 cm³/mol. The van der Waals surface area contributed by atoms with E-state index in [0.717, 1.165) is 36.4 Å². The first-order valence-corrected chi connectivity index (χ1v) is 11.3. The zero-order valence-electron chi connectivity index (χ0n) is 19.0. The molecule has 0 saturated heterocycles. The number of aliphatic hydroxyl groups is 1. The molecule has 2 aromatic carbocycles. The van der Waals surface area contributed by atoms with Crippen LogP contribution in [0.2, 0.25) is 0 Å². The summed E-state index contributed by atoms with van der Waals surface area (Å²) in [5.41, 5.74) is 1.17. The number of aryl methyl sites for hydroxylation is 2. The summed E-state index contributed by atoms with van der Waals surface area (Å²) in [5, 5.41) is 16.4. The highest BCUT2D eigenvalue weighted by atomic mass is 19.1. The van der Waals surface area contributed by atoms with E-state index in [0.29, 0.717) is 34.0 Å². The molecule has 0 radical (unpaired) electrons. The number of imidazole rings is 1. The van der Waals surface area contributed by atoms with Crippen molar-refractivity contribution in [3.63, 3.8) is 0 Å². The van der Waals surface area contributed by atoms with Crippen LogP contribution in [0.3, 0.4) is 0 Å². The van der Waals surface area contributed by atoms with E-state index >= 15 is 4.39 Å². The van der Waals surface area contributed by atoms with Gasteiger partial charge in [0, 0.05) is 41.1 Å². The second kappa shape index (κ2) is 7.78. The third-order valence-electron chi connectivity index (χ3n) is 6.49. The van der Waals surface area contributed by atoms with Gasteiger partial charge >= 0.3 is 0 Å². The van der Waals surface area contributed by atoms with Crippen molar-refractivity contribution in [3.8, 4) is 11.1 Å². The molecule has 1 saturated carbocycles. The zero-order valence-corrected chi connectivity index (χ0v) is 19.0. The topological polar surface area (TPSA) is 101 Å². The number of hydrogen-bond donors (Lipinski definition) is 2. The second-order valence-corrected chi connectivity index (χ2v) is 8.92. The van der Waals surface area contributed by atoms with Gasteiger partial charge in [-0.15, -0.1) is 0 Å². The summed E-state index contributed by atoms with van der Waals surface area (Å²) >= 11 is 0. The van der Waals surface area contributed by atoms with Gasteiger partial charge in [-0.3, -0.25) is 0 Å². The van der Waals surface area contributed by atoms with Gasteiger partial charge in [0.05, 0.1) is 16.7 Å². The molecule has 0 amide bonds. The normalized spacial score (nSPS) is 15.5. The summed E-state index contributed by atoms with van der Waals surface area (Å²) < 4.78 is 34.5. The maximum absolute atomic E-state index is 15.3. The Balaban J connectivity index is 1.71. The molecule has 5 aromatic rings. The summed E-state index contributed by atoms with van der Waals surface area (Å²) in [6.07, 6.45) is 4.96. The number of nitrogens with zero attached hydrogens (tertiary/aromatic N) is 4. The molecular weight excluding hydrogens is 452 g/mol. The van der Waals surface area contributed by atoms with Crippen LogP contribution >= 0.6 is 0 Å². The number of aromatic nitrogens is 5. The highest BCUT2D eigenvalue weighted by Gasteiger charge is 2.42. The molecule has 1 aliphatic rings. The largest absolute Gasteiger partial charge is 0.373 e. The average Bonchev–Trinajstić information content (AvgIpc) is 3.52. The second-order valence-electron chi connectivity index (χ2n) is 8.92. The van der Waals surface area contributed by atoms with Crippen LogP contribution in [0.5, 0.6) is 0 Å². The Morgan fingerprint density at radius 3 is 2.49 bits per heavy atom. The molecule has 7 nitrogen and oxygen atoms in total. The molecule has 6 rings (SSSR count). The molecular formula is C26H21F2N5O2. The summed E-state index contributed by atoms with van der Waals surface area (Å²) in [5.74, 6) is -0.0304. The fourth-order valence-corrected chi connectivity index (χ4v) is 4.66. The van der Waals surface area contributed by atoms with Gasteiger partial charge in [0.15, 0.2) is 11.4 Å². The summed E-state index contributed by atoms with van der Waals surface area (Å²) in [7, 11) is 0. The van der Waals surface area contributed by atoms with Crippen molar-refractivity contribution in [2.24, 2.45) is 0 Å². The van der Waals surface area contributed by atoms with E-state index in [1.807, 2.05) is 13.0 Å². The molecule has 0 spiro atoms. The van der Waals surface area contributed by atoms with E-state index in [1.165, 1.54) is 18.5 Å². The van der Waals surface area contributed by atoms with Gasteiger partial charge < -0.3 is 14.6 Å². The number of halogens is 2. The smallest absolute Gasteiger partial charge is 0.180 e. The number of rotatable bonds is 5. The maximum atomic E-state index is 15.3. The van der Waals surface area contributed by atoms with E-state index in [1.54, 1.807) is 19.1 Å². The minimum Gasteiger partial charge on any atom is -0.373 e. The molecule has 0 aliphatic heterocycles. The quantitative estimate of drug-likeness (QED) is 0.370. The van der Waals surface area contributed by atoms with Gasteiger partial charge in [-0.25, -0.2) is 23.7 Å². The van der Waals surface area contributed by atoms with Crippen molar-refractivity contribution in [2.75, 3.05) is 0 Å². The Morgan fingerprint density at radius 1 is 1.06 bits per heavy atom. The van der Waals surface area contributed by atoms with E-state index in [-0.39, 0.29) is 17.0 Å². The van der Waals surface area contributed by atoms with Crippen LogP contribution in [0.1, 0.15) is 53.0 Å². The minimum atomic E-state index is -2.16. The fraction of sp³-hybridized carbons (Fsp3) is 0.231. The lowest BCUT2D eigenvalue weighted by atomic mass is 9.82. The Kier molecular flexibility index (Phi) is 4.79. The molecule has 3 heterocycles. The Morgan fingerprint density at radius 2 is 1.83 bits per heavy atom. The molecule has 1 unspecified atom stereocenters. The highest BCUT2D eigenvalue weighted by Crippen LogP contribution is 2.44. The van der Waals surface area contributed by atoms with Crippen molar-refractivity contribution in [1.29, 1.82) is 0 Å². The molecule has 0 bridgehead atoms. The van der Waals surface area contributed by atoms with Crippen LogP contribution in [-0.2, 0) is 5.60 Å². The lowest BCUT2D eigenvalue weighted by Crippen LogP contribution is -2.33. The summed E-state index contributed by atoms with van der Waals surface area (Å²) in [6, 6.07) is 8.29. The highest BCUT2D eigenvalue weighted by molar-refractivity contribution is 5.88. The first kappa shape index (κ1) is 21.5. The van der Waals surface area contributed by atoms with Gasteiger partial charge in [-0.2, -0.15) is 0 Å². The van der Waals surface area contributed by atoms with Gasteiger partial charge in [0.2, 0.25) is 0 Å². The van der Waals surface area contributed by atoms with E-state index in [9.17, 15) is 9.50 Å². The molecule has 2 N–H and O–H groups in total. The van der Waals surface area contributed by atoms with Gasteiger partial charge in [-0.05, 0) is 62.6 Å². The van der Waals surface area contributed by atoms with Gasteiger partial charge in [0.1, 0.15) is 23.2 Å². The monoisotopic (exact) mass is 473 g/mol. The third-order valence-corrected chi connectivity index (χ3v) is 6.49. The first-order valence-electron chi connectivity index (χ1n) is 11.3. The number of hydrogen-bond acceptors (Lipinski definition) is 6. The lowest BCUT2D eigenvalue weighted by Gasteiger charge is -2.29. The Hall–Kier alpha value is -3.98. The van der Waals surface area contributed by atoms with Gasteiger partial charge in [-0.1, -0.05) is 5.16 Å². The van der Waals surface area contributed by atoms with Crippen LogP contribution in [0.15, 0.2) is 53.3 Å². The van der Waals surface area contributed by atoms with Crippen LogP contribution < -0.4 is 0 Å². The van der Waals surface area contributed by atoms with E-state index in [2.05, 4.69) is 20.1 Å². The molecule has 3 aromatic heterocycles. The lowest BCUT2D eigenvalue weighted by molar-refractivity contribution is 0.112. The molecule has 1 atom stereocenters. The Bertz CT molecular complexity index is 1560. The van der Waals surface area contributed by atoms with Crippen LogP contribution in [0, 0.1) is 25.5 Å². The van der Waals surface area contributed by atoms with Gasteiger partial charge in [0.25, 0.3) is 0 Å². The number of nitrogens with one attached hydrogen (secondary N) is 1.